The minimum atomic E-state index is -4.01. The smallest absolute Gasteiger partial charge is 0.335 e. The van der Waals surface area contributed by atoms with E-state index in [4.69, 9.17) is 5.11 Å². The number of benzene rings is 3. The molecule has 0 aliphatic carbocycles. The predicted octanol–water partition coefficient (Wildman–Crippen LogP) is 3.64. The van der Waals surface area contributed by atoms with E-state index < -0.39 is 27.6 Å². The zero-order valence-corrected chi connectivity index (χ0v) is 17.4. The first-order valence-electron chi connectivity index (χ1n) is 9.30. The van der Waals surface area contributed by atoms with Crippen LogP contribution >= 0.6 is 0 Å². The molecule has 0 radical (unpaired) electrons. The van der Waals surface area contributed by atoms with Crippen LogP contribution in [0.15, 0.2) is 70.5 Å². The average Bonchev–Trinajstić information content (AvgIpc) is 2.98. The molecule has 1 heterocycles. The Labute approximate surface area is 178 Å². The molecule has 1 aliphatic heterocycles. The van der Waals surface area contributed by atoms with Gasteiger partial charge in [-0.3, -0.25) is 9.59 Å². The lowest BCUT2D eigenvalue weighted by Gasteiger charge is -2.16. The summed E-state index contributed by atoms with van der Waals surface area (Å²) in [4.78, 5) is 37.7. The van der Waals surface area contributed by atoms with Gasteiger partial charge in [0, 0.05) is 0 Å². The first kappa shape index (κ1) is 20.5. The second kappa shape index (κ2) is 7.17. The number of carboxylic acids is 1. The average molecular weight is 435 g/mol. The molecule has 1 N–H and O–H groups in total. The SMILES string of the molecule is Cc1ccc(N2C(=O)c3ccc(S(=O)(=O)c4ccc(C(=O)O)cc4)cc3C2=O)c(C)c1. The minimum Gasteiger partial charge on any atom is -0.478 e. The number of imide groups is 1. The normalized spacial score (nSPS) is 13.4. The largest absolute Gasteiger partial charge is 0.478 e. The molecule has 3 aromatic carbocycles. The van der Waals surface area contributed by atoms with E-state index in [1.54, 1.807) is 19.1 Å². The van der Waals surface area contributed by atoms with Crippen LogP contribution in [0.25, 0.3) is 0 Å². The Morgan fingerprint density at radius 2 is 1.42 bits per heavy atom. The predicted molar refractivity (Wildman–Crippen MR) is 112 cm³/mol. The summed E-state index contributed by atoms with van der Waals surface area (Å²) >= 11 is 0. The van der Waals surface area contributed by atoms with Crippen molar-refractivity contribution in [2.75, 3.05) is 4.90 Å². The van der Waals surface area contributed by atoms with Crippen LogP contribution in [0.5, 0.6) is 0 Å². The molecule has 0 fully saturated rings. The molecule has 3 aromatic rings. The van der Waals surface area contributed by atoms with Crippen LogP contribution in [-0.2, 0) is 9.84 Å². The van der Waals surface area contributed by atoms with Crippen molar-refractivity contribution < 1.29 is 27.9 Å². The molecule has 0 unspecified atom stereocenters. The van der Waals surface area contributed by atoms with Crippen LogP contribution in [0, 0.1) is 13.8 Å². The third-order valence-corrected chi connectivity index (χ3v) is 6.94. The molecule has 0 saturated carbocycles. The molecule has 8 heteroatoms. The summed E-state index contributed by atoms with van der Waals surface area (Å²) in [7, 11) is -4.01. The molecule has 0 atom stereocenters. The maximum Gasteiger partial charge on any atom is 0.335 e. The van der Waals surface area contributed by atoms with E-state index in [1.807, 2.05) is 13.0 Å². The highest BCUT2D eigenvalue weighted by Gasteiger charge is 2.38. The lowest BCUT2D eigenvalue weighted by molar-refractivity contribution is 0.0696. The van der Waals surface area contributed by atoms with Crippen molar-refractivity contribution >= 4 is 33.3 Å². The number of carboxylic acid groups (broad SMARTS) is 1. The number of sulfone groups is 1. The summed E-state index contributed by atoms with van der Waals surface area (Å²) in [6.45, 7) is 3.70. The number of fused-ring (bicyclic) bond motifs is 1. The monoisotopic (exact) mass is 435 g/mol. The van der Waals surface area contributed by atoms with Gasteiger partial charge in [0.15, 0.2) is 0 Å². The van der Waals surface area contributed by atoms with E-state index >= 15 is 0 Å². The Bertz CT molecular complexity index is 1370. The topological polar surface area (TPSA) is 109 Å². The van der Waals surface area contributed by atoms with Crippen LogP contribution < -0.4 is 4.90 Å². The van der Waals surface area contributed by atoms with Gasteiger partial charge >= 0.3 is 5.97 Å². The fraction of sp³-hybridized carbons (Fsp3) is 0.0870. The molecule has 31 heavy (non-hydrogen) atoms. The van der Waals surface area contributed by atoms with Crippen molar-refractivity contribution in [1.29, 1.82) is 0 Å². The molecule has 4 rings (SSSR count). The van der Waals surface area contributed by atoms with Gasteiger partial charge in [-0.25, -0.2) is 18.1 Å². The summed E-state index contributed by atoms with van der Waals surface area (Å²) in [5, 5.41) is 8.99. The third kappa shape index (κ3) is 3.30. The molecule has 156 valence electrons. The van der Waals surface area contributed by atoms with Crippen molar-refractivity contribution in [3.63, 3.8) is 0 Å². The van der Waals surface area contributed by atoms with E-state index in [1.165, 1.54) is 42.5 Å². The van der Waals surface area contributed by atoms with Crippen LogP contribution in [0.3, 0.4) is 0 Å². The van der Waals surface area contributed by atoms with Gasteiger partial charge < -0.3 is 5.11 Å². The molecule has 1 aliphatic rings. The van der Waals surface area contributed by atoms with Crippen LogP contribution in [0.2, 0.25) is 0 Å². The van der Waals surface area contributed by atoms with E-state index in [0.29, 0.717) is 5.69 Å². The molecular weight excluding hydrogens is 418 g/mol. The Morgan fingerprint density at radius 1 is 0.806 bits per heavy atom. The Balaban J connectivity index is 1.75. The zero-order chi connectivity index (χ0) is 22.5. The molecule has 7 nitrogen and oxygen atoms in total. The van der Waals surface area contributed by atoms with E-state index in [2.05, 4.69) is 0 Å². The fourth-order valence-corrected chi connectivity index (χ4v) is 4.86. The van der Waals surface area contributed by atoms with Crippen LogP contribution in [0.4, 0.5) is 5.69 Å². The quantitative estimate of drug-likeness (QED) is 0.627. The number of anilines is 1. The van der Waals surface area contributed by atoms with Gasteiger partial charge in [-0.05, 0) is 67.9 Å². The molecule has 0 aromatic heterocycles. The van der Waals surface area contributed by atoms with Gasteiger partial charge in [-0.1, -0.05) is 17.7 Å². The van der Waals surface area contributed by atoms with E-state index in [0.717, 1.165) is 16.0 Å². The number of hydrogen-bond donors (Lipinski definition) is 1. The summed E-state index contributed by atoms with van der Waals surface area (Å²) in [6, 6.07) is 13.9. The Kier molecular flexibility index (Phi) is 4.74. The summed E-state index contributed by atoms with van der Waals surface area (Å²) in [5.74, 6) is -2.27. The van der Waals surface area contributed by atoms with Crippen molar-refractivity contribution in [1.82, 2.24) is 0 Å². The maximum absolute atomic E-state index is 13.0. The lowest BCUT2D eigenvalue weighted by Crippen LogP contribution is -2.30. The van der Waals surface area contributed by atoms with Gasteiger partial charge in [-0.2, -0.15) is 0 Å². The van der Waals surface area contributed by atoms with Crippen molar-refractivity contribution in [3.05, 3.63) is 88.5 Å². The second-order valence-electron chi connectivity index (χ2n) is 7.28. The molecule has 2 amide bonds. The number of carbonyl (C=O) groups excluding carboxylic acids is 2. The summed E-state index contributed by atoms with van der Waals surface area (Å²) in [6.07, 6.45) is 0. The van der Waals surface area contributed by atoms with Gasteiger partial charge in [0.25, 0.3) is 11.8 Å². The van der Waals surface area contributed by atoms with Crippen molar-refractivity contribution in [2.45, 2.75) is 23.6 Å². The molecule has 0 spiro atoms. The first-order valence-corrected chi connectivity index (χ1v) is 10.8. The number of nitrogens with zero attached hydrogens (tertiary/aromatic N) is 1. The number of hydrogen-bond acceptors (Lipinski definition) is 5. The number of rotatable bonds is 4. The van der Waals surface area contributed by atoms with Gasteiger partial charge in [0.05, 0.1) is 32.2 Å². The highest BCUT2D eigenvalue weighted by molar-refractivity contribution is 7.91. The van der Waals surface area contributed by atoms with Crippen LogP contribution in [-0.4, -0.2) is 31.3 Å². The van der Waals surface area contributed by atoms with E-state index in [9.17, 15) is 22.8 Å². The van der Waals surface area contributed by atoms with Gasteiger partial charge in [0.2, 0.25) is 9.84 Å². The zero-order valence-electron chi connectivity index (χ0n) is 16.6. The highest BCUT2D eigenvalue weighted by atomic mass is 32.2. The first-order chi connectivity index (χ1) is 14.6. The van der Waals surface area contributed by atoms with E-state index in [-0.39, 0.29) is 26.5 Å². The number of aromatic carboxylic acids is 1. The Hall–Kier alpha value is -3.78. The summed E-state index contributed by atoms with van der Waals surface area (Å²) < 4.78 is 26.0. The second-order valence-corrected chi connectivity index (χ2v) is 9.23. The van der Waals surface area contributed by atoms with Crippen molar-refractivity contribution in [2.24, 2.45) is 0 Å². The van der Waals surface area contributed by atoms with Crippen molar-refractivity contribution in [3.8, 4) is 0 Å². The number of amides is 2. The standard InChI is InChI=1S/C23H17NO6S/c1-13-3-10-20(14(2)11-13)24-21(25)18-9-8-17(12-19(18)22(24)26)31(29,30)16-6-4-15(5-7-16)23(27)28/h3-12H,1-2H3,(H,27,28). The highest BCUT2D eigenvalue weighted by Crippen LogP contribution is 2.33. The molecule has 0 saturated heterocycles. The lowest BCUT2D eigenvalue weighted by atomic mass is 10.1. The Morgan fingerprint density at radius 3 is 2.03 bits per heavy atom. The van der Waals surface area contributed by atoms with Crippen LogP contribution in [0.1, 0.15) is 42.2 Å². The number of carbonyl (C=O) groups is 3. The van der Waals surface area contributed by atoms with Gasteiger partial charge in [-0.15, -0.1) is 0 Å². The minimum absolute atomic E-state index is 0.00760. The maximum atomic E-state index is 13.0. The third-order valence-electron chi connectivity index (χ3n) is 5.17. The summed E-state index contributed by atoms with van der Waals surface area (Å²) in [5.41, 5.74) is 2.28. The van der Waals surface area contributed by atoms with Gasteiger partial charge in [0.1, 0.15) is 0 Å². The number of aryl methyl sites for hydroxylation is 2. The fourth-order valence-electron chi connectivity index (χ4n) is 3.57. The molecular formula is C23H17NO6S. The molecule has 0 bridgehead atoms.